The average molecular weight is 373 g/mol. The number of thiazole rings is 2. The zero-order chi connectivity index (χ0) is 17.1. The molecule has 2 aromatic heterocycles. The molecule has 0 spiro atoms. The number of aromatic nitrogens is 2. The van der Waals surface area contributed by atoms with Gasteiger partial charge in [-0.2, -0.15) is 0 Å². The number of ether oxygens (including phenoxy) is 1. The van der Waals surface area contributed by atoms with Crippen molar-refractivity contribution in [3.05, 3.63) is 46.9 Å². The first kappa shape index (κ1) is 16.5. The average Bonchev–Trinajstić information content (AvgIpc) is 3.35. The second-order valence-corrected chi connectivity index (χ2v) is 7.68. The van der Waals surface area contributed by atoms with Gasteiger partial charge < -0.3 is 9.64 Å². The van der Waals surface area contributed by atoms with Gasteiger partial charge in [-0.25, -0.2) is 9.97 Å². The quantitative estimate of drug-likeness (QED) is 0.684. The summed E-state index contributed by atoms with van der Waals surface area (Å²) in [6.45, 7) is 5.08. The smallest absolute Gasteiger partial charge is 0.185 e. The van der Waals surface area contributed by atoms with Crippen LogP contribution < -0.4 is 9.64 Å². The van der Waals surface area contributed by atoms with Gasteiger partial charge in [0.25, 0.3) is 0 Å². The predicted molar refractivity (Wildman–Crippen MR) is 104 cm³/mol. The number of benzene rings is 1. The zero-order valence-corrected chi connectivity index (χ0v) is 15.7. The largest absolute Gasteiger partial charge is 0.497 e. The number of methoxy groups -OCH3 is 1. The zero-order valence-electron chi connectivity index (χ0n) is 14.1. The molecule has 1 aliphatic heterocycles. The number of nitrogens with zero attached hydrogens (tertiary/aromatic N) is 4. The number of hydrogen-bond donors (Lipinski definition) is 0. The van der Waals surface area contributed by atoms with Crippen LogP contribution >= 0.6 is 22.7 Å². The summed E-state index contributed by atoms with van der Waals surface area (Å²) in [6.07, 6.45) is 1.88. The van der Waals surface area contributed by atoms with E-state index in [1.165, 1.54) is 0 Å². The summed E-state index contributed by atoms with van der Waals surface area (Å²) in [5.41, 5.74) is 2.30. The first-order valence-corrected chi connectivity index (χ1v) is 10.0. The van der Waals surface area contributed by atoms with Crippen molar-refractivity contribution < 1.29 is 4.74 Å². The van der Waals surface area contributed by atoms with Crippen LogP contribution in [0.15, 0.2) is 41.2 Å². The highest BCUT2D eigenvalue weighted by atomic mass is 32.1. The monoisotopic (exact) mass is 372 g/mol. The fraction of sp³-hybridized carbons (Fsp3) is 0.333. The lowest BCUT2D eigenvalue weighted by Crippen LogP contribution is -2.45. The highest BCUT2D eigenvalue weighted by Crippen LogP contribution is 2.26. The molecular weight excluding hydrogens is 352 g/mol. The van der Waals surface area contributed by atoms with Gasteiger partial charge in [-0.1, -0.05) is 0 Å². The highest BCUT2D eigenvalue weighted by molar-refractivity contribution is 7.13. The Morgan fingerprint density at radius 2 is 1.88 bits per heavy atom. The SMILES string of the molecule is COc1ccc(-c2nc(CN3CCN(c4nccs4)CC3)cs2)cc1. The molecule has 1 aliphatic rings. The van der Waals surface area contributed by atoms with E-state index in [0.717, 1.165) is 59.9 Å². The van der Waals surface area contributed by atoms with Crippen LogP contribution in [0.1, 0.15) is 5.69 Å². The molecule has 130 valence electrons. The van der Waals surface area contributed by atoms with Crippen molar-refractivity contribution in [3.8, 4) is 16.3 Å². The van der Waals surface area contributed by atoms with Crippen molar-refractivity contribution in [1.82, 2.24) is 14.9 Å². The molecule has 0 N–H and O–H groups in total. The standard InChI is InChI=1S/C18H20N4OS2/c1-23-16-4-2-14(3-5-16)17-20-15(13-25-17)12-21-7-9-22(10-8-21)18-19-6-11-24-18/h2-6,11,13H,7-10,12H2,1H3. The molecule has 0 atom stereocenters. The van der Waals surface area contributed by atoms with E-state index in [1.54, 1.807) is 29.8 Å². The second-order valence-electron chi connectivity index (χ2n) is 5.95. The molecule has 0 saturated carbocycles. The summed E-state index contributed by atoms with van der Waals surface area (Å²) in [6, 6.07) is 8.09. The Balaban J connectivity index is 1.35. The van der Waals surface area contributed by atoms with E-state index in [-0.39, 0.29) is 0 Å². The van der Waals surface area contributed by atoms with Crippen molar-refractivity contribution in [2.45, 2.75) is 6.54 Å². The van der Waals surface area contributed by atoms with E-state index in [0.29, 0.717) is 0 Å². The minimum Gasteiger partial charge on any atom is -0.497 e. The molecule has 0 aliphatic carbocycles. The number of rotatable bonds is 5. The van der Waals surface area contributed by atoms with Crippen LogP contribution in [-0.2, 0) is 6.54 Å². The molecule has 7 heteroatoms. The molecule has 25 heavy (non-hydrogen) atoms. The summed E-state index contributed by atoms with van der Waals surface area (Å²) in [4.78, 5) is 14.1. The summed E-state index contributed by atoms with van der Waals surface area (Å²) >= 11 is 3.42. The molecule has 0 unspecified atom stereocenters. The van der Waals surface area contributed by atoms with Gasteiger partial charge in [-0.05, 0) is 24.3 Å². The van der Waals surface area contributed by atoms with Gasteiger partial charge in [0, 0.05) is 55.2 Å². The molecule has 1 aromatic carbocycles. The molecule has 3 aromatic rings. The lowest BCUT2D eigenvalue weighted by molar-refractivity contribution is 0.247. The van der Waals surface area contributed by atoms with Crippen LogP contribution in [0, 0.1) is 0 Å². The third kappa shape index (κ3) is 3.84. The Morgan fingerprint density at radius 1 is 1.08 bits per heavy atom. The Morgan fingerprint density at radius 3 is 2.56 bits per heavy atom. The first-order chi connectivity index (χ1) is 12.3. The number of hydrogen-bond acceptors (Lipinski definition) is 7. The van der Waals surface area contributed by atoms with Crippen LogP contribution in [0.5, 0.6) is 5.75 Å². The topological polar surface area (TPSA) is 41.5 Å². The van der Waals surface area contributed by atoms with Gasteiger partial charge in [0.05, 0.1) is 12.8 Å². The van der Waals surface area contributed by atoms with Crippen LogP contribution in [-0.4, -0.2) is 48.2 Å². The lowest BCUT2D eigenvalue weighted by atomic mass is 10.2. The maximum atomic E-state index is 5.21. The normalized spacial score (nSPS) is 15.5. The first-order valence-electron chi connectivity index (χ1n) is 8.27. The van der Waals surface area contributed by atoms with E-state index in [9.17, 15) is 0 Å². The van der Waals surface area contributed by atoms with Crippen molar-refractivity contribution in [2.24, 2.45) is 0 Å². The summed E-state index contributed by atoms with van der Waals surface area (Å²) in [5.74, 6) is 0.874. The van der Waals surface area contributed by atoms with Gasteiger partial charge in [-0.15, -0.1) is 22.7 Å². The van der Waals surface area contributed by atoms with E-state index in [4.69, 9.17) is 9.72 Å². The summed E-state index contributed by atoms with van der Waals surface area (Å²) in [7, 11) is 1.69. The fourth-order valence-electron chi connectivity index (χ4n) is 2.94. The van der Waals surface area contributed by atoms with Gasteiger partial charge in [0.1, 0.15) is 10.8 Å². The number of anilines is 1. The van der Waals surface area contributed by atoms with E-state index < -0.39 is 0 Å². The summed E-state index contributed by atoms with van der Waals surface area (Å²) < 4.78 is 5.21. The maximum Gasteiger partial charge on any atom is 0.185 e. The van der Waals surface area contributed by atoms with Crippen LogP contribution in [0.4, 0.5) is 5.13 Å². The van der Waals surface area contributed by atoms with Crippen molar-refractivity contribution in [3.63, 3.8) is 0 Å². The Kier molecular flexibility index (Phi) is 4.96. The fourth-order valence-corrected chi connectivity index (χ4v) is 4.46. The van der Waals surface area contributed by atoms with Gasteiger partial charge in [0.2, 0.25) is 0 Å². The highest BCUT2D eigenvalue weighted by Gasteiger charge is 2.19. The molecule has 0 radical (unpaired) electrons. The molecule has 1 fully saturated rings. The second kappa shape index (κ2) is 7.51. The third-order valence-corrected chi connectivity index (χ3v) is 6.11. The number of piperazine rings is 1. The molecule has 5 nitrogen and oxygen atoms in total. The Labute approximate surface area is 155 Å². The third-order valence-electron chi connectivity index (χ3n) is 4.34. The molecule has 0 bridgehead atoms. The van der Waals surface area contributed by atoms with Crippen LogP contribution in [0.25, 0.3) is 10.6 Å². The maximum absolute atomic E-state index is 5.21. The molecule has 3 heterocycles. The predicted octanol–water partition coefficient (Wildman–Crippen LogP) is 3.60. The van der Waals surface area contributed by atoms with Gasteiger partial charge in [-0.3, -0.25) is 4.90 Å². The molecule has 0 amide bonds. The van der Waals surface area contributed by atoms with Gasteiger partial charge >= 0.3 is 0 Å². The molecule has 1 saturated heterocycles. The van der Waals surface area contributed by atoms with Crippen molar-refractivity contribution in [1.29, 1.82) is 0 Å². The van der Waals surface area contributed by atoms with E-state index in [2.05, 4.69) is 32.3 Å². The summed E-state index contributed by atoms with van der Waals surface area (Å²) in [5, 5.41) is 6.42. The van der Waals surface area contributed by atoms with E-state index in [1.807, 2.05) is 23.7 Å². The Hall–Kier alpha value is -1.96. The van der Waals surface area contributed by atoms with Crippen molar-refractivity contribution in [2.75, 3.05) is 38.2 Å². The van der Waals surface area contributed by atoms with Gasteiger partial charge in [0.15, 0.2) is 5.13 Å². The minimum absolute atomic E-state index is 0.874. The van der Waals surface area contributed by atoms with Crippen LogP contribution in [0.3, 0.4) is 0 Å². The minimum atomic E-state index is 0.874. The Bertz CT molecular complexity index is 793. The molecular formula is C18H20N4OS2. The van der Waals surface area contributed by atoms with Crippen molar-refractivity contribution >= 4 is 27.8 Å². The lowest BCUT2D eigenvalue weighted by Gasteiger charge is -2.34. The molecule has 4 rings (SSSR count). The van der Waals surface area contributed by atoms with Crippen LogP contribution in [0.2, 0.25) is 0 Å². The van der Waals surface area contributed by atoms with E-state index >= 15 is 0 Å².